The van der Waals surface area contributed by atoms with Gasteiger partial charge in [0.15, 0.2) is 0 Å². The van der Waals surface area contributed by atoms with Crippen LogP contribution in [0.4, 0.5) is 23.2 Å². The number of anilines is 1. The molecule has 1 aromatic heterocycles. The molecule has 0 fully saturated rings. The molecule has 3 N–H and O–H groups in total. The molecule has 0 aliphatic carbocycles. The van der Waals surface area contributed by atoms with Gasteiger partial charge in [-0.3, -0.25) is 14.8 Å². The fraction of sp³-hybridized carbons (Fsp3) is 0.370. The number of aliphatic carboxylic acids is 1. The van der Waals surface area contributed by atoms with Gasteiger partial charge in [-0.15, -0.1) is 0 Å². The number of nitrogens with zero attached hydrogens (tertiary/aromatic N) is 3. The van der Waals surface area contributed by atoms with Crippen LogP contribution in [0.3, 0.4) is 0 Å². The molecular weight excluding hydrogens is 534 g/mol. The lowest BCUT2D eigenvalue weighted by Gasteiger charge is -2.35. The van der Waals surface area contributed by atoms with Gasteiger partial charge in [0, 0.05) is 36.5 Å². The molecule has 0 saturated heterocycles. The second kappa shape index (κ2) is 13.4. The number of H-pyrrole nitrogens is 1. The van der Waals surface area contributed by atoms with Crippen molar-refractivity contribution in [1.82, 2.24) is 20.0 Å². The highest BCUT2D eigenvalue weighted by Gasteiger charge is 2.38. The van der Waals surface area contributed by atoms with E-state index in [9.17, 15) is 18.0 Å². The minimum absolute atomic E-state index is 0.167. The van der Waals surface area contributed by atoms with Crippen molar-refractivity contribution >= 4 is 17.6 Å². The number of aromatic amines is 1. The average molecular weight is 566 g/mol. The molecule has 0 radical (unpaired) electrons. The summed E-state index contributed by atoms with van der Waals surface area (Å²) in [6.45, 7) is 4.60. The number of ether oxygens (including phenoxy) is 1. The van der Waals surface area contributed by atoms with Crippen LogP contribution in [0, 0.1) is 5.82 Å². The molecule has 1 amide bonds. The van der Waals surface area contributed by atoms with Gasteiger partial charge < -0.3 is 20.1 Å². The Morgan fingerprint density at radius 2 is 1.90 bits per heavy atom. The fourth-order valence-electron chi connectivity index (χ4n) is 4.11. The van der Waals surface area contributed by atoms with Crippen LogP contribution in [0.1, 0.15) is 18.1 Å². The number of likely N-dealkylation sites (N-methyl/N-ethyl adjacent to an activating group) is 2. The van der Waals surface area contributed by atoms with E-state index in [1.165, 1.54) is 17.2 Å². The number of carbonyl (C=O) groups is 2. The molecule has 9 nitrogen and oxygen atoms in total. The monoisotopic (exact) mass is 565 g/mol. The van der Waals surface area contributed by atoms with Crippen molar-refractivity contribution in [3.63, 3.8) is 0 Å². The Morgan fingerprint density at radius 1 is 1.23 bits per heavy atom. The minimum atomic E-state index is -5.08. The number of nitrogens with one attached hydrogen (secondary N) is 2. The predicted molar refractivity (Wildman–Crippen MR) is 140 cm³/mol. The Morgan fingerprint density at radius 3 is 2.48 bits per heavy atom. The zero-order valence-electron chi connectivity index (χ0n) is 22.3. The third kappa shape index (κ3) is 8.02. The maximum Gasteiger partial charge on any atom is 0.490 e. The minimum Gasteiger partial charge on any atom is -0.490 e. The summed E-state index contributed by atoms with van der Waals surface area (Å²) in [5.41, 5.74) is 3.73. The molecule has 216 valence electrons. The van der Waals surface area contributed by atoms with E-state index >= 15 is 4.39 Å². The van der Waals surface area contributed by atoms with Crippen LogP contribution >= 0.6 is 0 Å². The van der Waals surface area contributed by atoms with E-state index in [0.717, 1.165) is 6.54 Å². The molecule has 3 aromatic rings. The third-order valence-electron chi connectivity index (χ3n) is 6.23. The molecular formula is C27H31F4N5O4. The van der Waals surface area contributed by atoms with Crippen molar-refractivity contribution in [1.29, 1.82) is 0 Å². The van der Waals surface area contributed by atoms with Crippen LogP contribution in [-0.4, -0.2) is 83.0 Å². The van der Waals surface area contributed by atoms with Crippen LogP contribution in [0.25, 0.3) is 11.1 Å². The Hall–Kier alpha value is -3.97. The van der Waals surface area contributed by atoms with Crippen molar-refractivity contribution in [3.05, 3.63) is 65.7 Å². The molecule has 0 bridgehead atoms. The van der Waals surface area contributed by atoms with E-state index in [1.807, 2.05) is 38.1 Å². The summed E-state index contributed by atoms with van der Waals surface area (Å²) >= 11 is 0. The zero-order chi connectivity index (χ0) is 29.4. The van der Waals surface area contributed by atoms with Gasteiger partial charge in [-0.2, -0.15) is 18.3 Å². The van der Waals surface area contributed by atoms with Crippen LogP contribution in [0.2, 0.25) is 0 Å². The summed E-state index contributed by atoms with van der Waals surface area (Å²) in [6, 6.07) is 10.8. The number of amides is 1. The standard InChI is InChI=1S/C25H30FN5O2.C2HF3O2/c1-4-31-16-18-8-6-5-7-17(18)11-23(31)25(32)29-22-13-21(26)20(19-14-27-28-15-19)12-24(22)33-10-9-30(2)3;3-2(4,5)1(6)7/h5-8,12-15,23H,4,9-11,16H2,1-3H3,(H,27,28)(H,29,32);(H,6,7)/t23-;/m1./s1. The first-order chi connectivity index (χ1) is 18.9. The first-order valence-corrected chi connectivity index (χ1v) is 12.4. The second-order valence-corrected chi connectivity index (χ2v) is 9.31. The number of alkyl halides is 3. The average Bonchev–Trinajstić information content (AvgIpc) is 3.43. The molecule has 1 aliphatic rings. The van der Waals surface area contributed by atoms with E-state index < -0.39 is 18.0 Å². The molecule has 4 rings (SSSR count). The number of hydrogen-bond donors (Lipinski definition) is 3. The first-order valence-electron chi connectivity index (χ1n) is 12.4. The topological polar surface area (TPSA) is 111 Å². The van der Waals surface area contributed by atoms with Crippen LogP contribution in [0.15, 0.2) is 48.8 Å². The van der Waals surface area contributed by atoms with Gasteiger partial charge in [0.1, 0.15) is 18.2 Å². The number of aromatic nitrogens is 2. The van der Waals surface area contributed by atoms with Crippen molar-refractivity contribution in [2.24, 2.45) is 0 Å². The van der Waals surface area contributed by atoms with Crippen molar-refractivity contribution in [3.8, 4) is 16.9 Å². The number of rotatable bonds is 8. The molecule has 1 aliphatic heterocycles. The molecule has 2 heterocycles. The van der Waals surface area contributed by atoms with E-state index in [4.69, 9.17) is 14.6 Å². The van der Waals surface area contributed by atoms with Crippen LogP contribution in [-0.2, 0) is 22.6 Å². The van der Waals surface area contributed by atoms with Crippen LogP contribution < -0.4 is 10.1 Å². The molecule has 0 saturated carbocycles. The summed E-state index contributed by atoms with van der Waals surface area (Å²) in [5, 5.41) is 16.7. The maximum absolute atomic E-state index is 15.0. The van der Waals surface area contributed by atoms with Gasteiger partial charge in [0.25, 0.3) is 0 Å². The number of halogens is 4. The Labute approximate surface area is 228 Å². The third-order valence-corrected chi connectivity index (χ3v) is 6.23. The van der Waals surface area contributed by atoms with Crippen molar-refractivity contribution < 1.29 is 37.0 Å². The van der Waals surface area contributed by atoms with Crippen molar-refractivity contribution in [2.75, 3.05) is 39.1 Å². The lowest BCUT2D eigenvalue weighted by atomic mass is 9.93. The number of carboxylic acid groups (broad SMARTS) is 1. The Balaban J connectivity index is 0.000000559. The van der Waals surface area contributed by atoms with Crippen molar-refractivity contribution in [2.45, 2.75) is 32.1 Å². The first kappa shape index (κ1) is 30.6. The molecule has 2 aromatic carbocycles. The van der Waals surface area contributed by atoms with Crippen LogP contribution in [0.5, 0.6) is 5.75 Å². The maximum atomic E-state index is 15.0. The van der Waals surface area contributed by atoms with Gasteiger partial charge in [0.05, 0.1) is 17.9 Å². The normalized spacial score (nSPS) is 15.2. The Bertz CT molecular complexity index is 1300. The molecule has 0 spiro atoms. The van der Waals surface area contributed by atoms with E-state index in [1.54, 1.807) is 18.5 Å². The van der Waals surface area contributed by atoms with E-state index in [0.29, 0.717) is 48.7 Å². The quantitative estimate of drug-likeness (QED) is 0.352. The largest absolute Gasteiger partial charge is 0.490 e. The SMILES string of the molecule is CCN1Cc2ccccc2C[C@@H]1C(=O)Nc1cc(F)c(-c2cn[nH]c2)cc1OCCN(C)C.O=C(O)C(F)(F)F. The lowest BCUT2D eigenvalue weighted by molar-refractivity contribution is -0.192. The van der Waals surface area contributed by atoms with E-state index in [2.05, 4.69) is 32.5 Å². The summed E-state index contributed by atoms with van der Waals surface area (Å²) < 4.78 is 52.7. The lowest BCUT2D eigenvalue weighted by Crippen LogP contribution is -2.47. The highest BCUT2D eigenvalue weighted by Crippen LogP contribution is 2.34. The van der Waals surface area contributed by atoms with Gasteiger partial charge in [-0.05, 0) is 44.3 Å². The number of carboxylic acids is 1. The number of hydrogen-bond acceptors (Lipinski definition) is 6. The van der Waals surface area contributed by atoms with Gasteiger partial charge in [-0.1, -0.05) is 31.2 Å². The number of carbonyl (C=O) groups excluding carboxylic acids is 1. The highest BCUT2D eigenvalue weighted by atomic mass is 19.4. The van der Waals surface area contributed by atoms with Gasteiger partial charge in [0.2, 0.25) is 5.91 Å². The predicted octanol–water partition coefficient (Wildman–Crippen LogP) is 4.17. The zero-order valence-corrected chi connectivity index (χ0v) is 22.3. The fourth-order valence-corrected chi connectivity index (χ4v) is 4.11. The highest BCUT2D eigenvalue weighted by molar-refractivity contribution is 5.97. The molecule has 40 heavy (non-hydrogen) atoms. The summed E-state index contributed by atoms with van der Waals surface area (Å²) in [4.78, 5) is 26.4. The Kier molecular flexibility index (Phi) is 10.2. The summed E-state index contributed by atoms with van der Waals surface area (Å²) in [5.74, 6) is -2.94. The number of benzene rings is 2. The molecule has 0 unspecified atom stereocenters. The van der Waals surface area contributed by atoms with Gasteiger partial charge in [-0.25, -0.2) is 9.18 Å². The van der Waals surface area contributed by atoms with Gasteiger partial charge >= 0.3 is 12.1 Å². The number of fused-ring (bicyclic) bond motifs is 1. The molecule has 13 heteroatoms. The second-order valence-electron chi connectivity index (χ2n) is 9.31. The van der Waals surface area contributed by atoms with E-state index in [-0.39, 0.29) is 11.9 Å². The summed E-state index contributed by atoms with van der Waals surface area (Å²) in [6.07, 6.45) is -1.29. The smallest absolute Gasteiger partial charge is 0.490 e. The molecule has 1 atom stereocenters. The summed E-state index contributed by atoms with van der Waals surface area (Å²) in [7, 11) is 3.90.